The zero-order valence-corrected chi connectivity index (χ0v) is 30.2. The van der Waals surface area contributed by atoms with Gasteiger partial charge < -0.3 is 45.1 Å². The number of nitrogens with zero attached hydrogens (tertiary/aromatic N) is 6. The second kappa shape index (κ2) is 14.9. The van der Waals surface area contributed by atoms with E-state index >= 15 is 0 Å². The van der Waals surface area contributed by atoms with E-state index in [1.54, 1.807) is 21.9 Å². The number of benzene rings is 2. The van der Waals surface area contributed by atoms with Crippen molar-refractivity contribution in [2.45, 2.75) is 37.9 Å². The Hall–Kier alpha value is -3.56. The summed E-state index contributed by atoms with van der Waals surface area (Å²) in [5.74, 6) is -0.158. The third kappa shape index (κ3) is 7.68. The number of rotatable bonds is 5. The lowest BCUT2D eigenvalue weighted by molar-refractivity contribution is -0.134. The molecule has 48 heavy (non-hydrogen) atoms. The van der Waals surface area contributed by atoms with E-state index in [0.717, 1.165) is 29.9 Å². The lowest BCUT2D eigenvalue weighted by atomic mass is 10.0. The van der Waals surface area contributed by atoms with Gasteiger partial charge in [-0.1, -0.05) is 18.2 Å². The number of hydrogen-bond donors (Lipinski definition) is 3. The van der Waals surface area contributed by atoms with Crippen LogP contribution >= 0.6 is 31.9 Å². The molecular weight excluding hydrogens is 748 g/mol. The number of likely N-dealkylation sites (N-methyl/N-ethyl adjacent to an activating group) is 1. The standard InChI is InChI=1S/C33H42Br2N8O5/c1-38-10-12-41(13-11-38)33(48)42-16-14-39(15-17-42)30(45)28(20-22-18-25(34)29(44)26(35)19-22)37-31(46)40-8-6-24(7-9-40)43-21-23-4-2-3-5-27(23)36-32(43)47/h2-5,18-19,24,28,44H,6-17,20-21H2,1H3,(H,36,47)(H,37,46)/t28-/m1/s1. The molecule has 6 rings (SSSR count). The minimum Gasteiger partial charge on any atom is -0.506 e. The maximum absolute atomic E-state index is 14.0. The molecule has 4 aliphatic heterocycles. The molecule has 4 aliphatic rings. The van der Waals surface area contributed by atoms with Crippen molar-refractivity contribution < 1.29 is 24.3 Å². The van der Waals surface area contributed by atoms with Gasteiger partial charge in [-0.2, -0.15) is 0 Å². The molecule has 0 unspecified atom stereocenters. The number of phenolic OH excluding ortho intramolecular Hbond substituents is 1. The molecule has 0 aromatic heterocycles. The molecule has 3 fully saturated rings. The second-order valence-corrected chi connectivity index (χ2v) is 14.6. The molecule has 258 valence electrons. The van der Waals surface area contributed by atoms with Crippen molar-refractivity contribution in [1.82, 2.24) is 34.7 Å². The number of nitrogens with one attached hydrogen (secondary N) is 2. The van der Waals surface area contributed by atoms with Crippen LogP contribution < -0.4 is 10.6 Å². The Morgan fingerprint density at radius 3 is 2.10 bits per heavy atom. The molecule has 0 saturated carbocycles. The Bertz CT molecular complexity index is 1510. The van der Waals surface area contributed by atoms with Gasteiger partial charge in [0.2, 0.25) is 5.91 Å². The SMILES string of the molecule is CN1CCN(C(=O)N2CCN(C(=O)[C@@H](Cc3cc(Br)c(O)c(Br)c3)NC(=O)N3CCC(N4Cc5ccccc5NC4=O)CC3)CC2)CC1. The van der Waals surface area contributed by atoms with E-state index in [-0.39, 0.29) is 42.2 Å². The van der Waals surface area contributed by atoms with E-state index in [1.165, 1.54) is 0 Å². The number of carbonyl (C=O) groups excluding carboxylic acids is 4. The number of hydrogen-bond acceptors (Lipinski definition) is 6. The molecule has 0 spiro atoms. The Morgan fingerprint density at radius 2 is 1.46 bits per heavy atom. The summed E-state index contributed by atoms with van der Waals surface area (Å²) < 4.78 is 0.957. The first-order chi connectivity index (χ1) is 23.1. The Balaban J connectivity index is 1.08. The molecule has 2 aromatic rings. The van der Waals surface area contributed by atoms with Gasteiger partial charge in [-0.3, -0.25) is 4.79 Å². The number of urea groups is 3. The van der Waals surface area contributed by atoms with Crippen molar-refractivity contribution >= 4 is 61.5 Å². The molecule has 3 saturated heterocycles. The number of phenols is 1. The number of likely N-dealkylation sites (tertiary alicyclic amines) is 1. The molecule has 7 amide bonds. The fourth-order valence-electron chi connectivity index (χ4n) is 6.85. The average Bonchev–Trinajstić information content (AvgIpc) is 3.10. The van der Waals surface area contributed by atoms with Gasteiger partial charge in [0, 0.05) is 90.1 Å². The third-order valence-electron chi connectivity index (χ3n) is 9.80. The van der Waals surface area contributed by atoms with Crippen molar-refractivity contribution in [2.24, 2.45) is 0 Å². The molecule has 15 heteroatoms. The molecule has 2 aromatic carbocycles. The molecule has 0 bridgehead atoms. The zero-order chi connectivity index (χ0) is 33.9. The second-order valence-electron chi connectivity index (χ2n) is 12.9. The molecule has 1 atom stereocenters. The predicted molar refractivity (Wildman–Crippen MR) is 188 cm³/mol. The molecule has 0 aliphatic carbocycles. The van der Waals surface area contributed by atoms with E-state index in [0.29, 0.717) is 80.7 Å². The number of piperazine rings is 2. The normalized spacial score (nSPS) is 19.9. The Kier molecular flexibility index (Phi) is 10.7. The summed E-state index contributed by atoms with van der Waals surface area (Å²) in [4.78, 5) is 64.8. The van der Waals surface area contributed by atoms with Gasteiger partial charge in [-0.05, 0) is 81.1 Å². The van der Waals surface area contributed by atoms with E-state index in [2.05, 4.69) is 47.4 Å². The van der Waals surface area contributed by atoms with Crippen LogP contribution in [0.4, 0.5) is 20.1 Å². The fourth-order valence-corrected chi connectivity index (χ4v) is 8.13. The number of aromatic hydroxyl groups is 1. The van der Waals surface area contributed by atoms with Gasteiger partial charge in [0.15, 0.2) is 0 Å². The van der Waals surface area contributed by atoms with E-state index in [4.69, 9.17) is 0 Å². The smallest absolute Gasteiger partial charge is 0.322 e. The minimum absolute atomic E-state index is 0.00335. The summed E-state index contributed by atoms with van der Waals surface area (Å²) in [6.07, 6.45) is 1.47. The number of amides is 7. The van der Waals surface area contributed by atoms with Gasteiger partial charge >= 0.3 is 18.1 Å². The van der Waals surface area contributed by atoms with Crippen LogP contribution in [0, 0.1) is 0 Å². The highest BCUT2D eigenvalue weighted by Gasteiger charge is 2.36. The Labute approximate surface area is 297 Å². The number of piperidine rings is 1. The monoisotopic (exact) mass is 788 g/mol. The van der Waals surface area contributed by atoms with Crippen LogP contribution in [-0.2, 0) is 17.8 Å². The number of para-hydroxylation sites is 1. The predicted octanol–water partition coefficient (Wildman–Crippen LogP) is 3.56. The first kappa shape index (κ1) is 34.3. The minimum atomic E-state index is -0.858. The highest BCUT2D eigenvalue weighted by Crippen LogP contribution is 2.34. The van der Waals surface area contributed by atoms with E-state index < -0.39 is 6.04 Å². The van der Waals surface area contributed by atoms with Gasteiger partial charge in [-0.15, -0.1) is 0 Å². The molecule has 0 radical (unpaired) electrons. The number of anilines is 1. The van der Waals surface area contributed by atoms with Gasteiger partial charge in [-0.25, -0.2) is 14.4 Å². The van der Waals surface area contributed by atoms with Crippen molar-refractivity contribution in [3.05, 3.63) is 56.5 Å². The summed E-state index contributed by atoms with van der Waals surface area (Å²) in [6.45, 7) is 6.10. The van der Waals surface area contributed by atoms with Gasteiger partial charge in [0.1, 0.15) is 11.8 Å². The first-order valence-electron chi connectivity index (χ1n) is 16.5. The summed E-state index contributed by atoms with van der Waals surface area (Å²) in [6, 6.07) is 9.95. The van der Waals surface area contributed by atoms with Crippen molar-refractivity contribution in [3.63, 3.8) is 0 Å². The topological polar surface area (TPSA) is 132 Å². The lowest BCUT2D eigenvalue weighted by Gasteiger charge is -2.41. The van der Waals surface area contributed by atoms with Crippen LogP contribution in [0.2, 0.25) is 0 Å². The molecule has 13 nitrogen and oxygen atoms in total. The number of fused-ring (bicyclic) bond motifs is 1. The summed E-state index contributed by atoms with van der Waals surface area (Å²) in [5, 5.41) is 16.2. The highest BCUT2D eigenvalue weighted by molar-refractivity contribution is 9.11. The molecular formula is C33H42Br2N8O5. The molecule has 3 N–H and O–H groups in total. The van der Waals surface area contributed by atoms with Crippen LogP contribution in [0.25, 0.3) is 0 Å². The average molecular weight is 791 g/mol. The van der Waals surface area contributed by atoms with Crippen LogP contribution in [-0.4, -0.2) is 143 Å². The van der Waals surface area contributed by atoms with E-state index in [9.17, 15) is 24.3 Å². The van der Waals surface area contributed by atoms with Crippen molar-refractivity contribution in [3.8, 4) is 5.75 Å². The van der Waals surface area contributed by atoms with Gasteiger partial charge in [0.25, 0.3) is 0 Å². The first-order valence-corrected chi connectivity index (χ1v) is 18.0. The Morgan fingerprint density at radius 1 is 0.875 bits per heavy atom. The number of carbonyl (C=O) groups is 4. The molecule has 4 heterocycles. The maximum Gasteiger partial charge on any atom is 0.322 e. The van der Waals surface area contributed by atoms with Gasteiger partial charge in [0.05, 0.1) is 8.95 Å². The number of halogens is 2. The summed E-state index contributed by atoms with van der Waals surface area (Å²) in [7, 11) is 2.05. The largest absolute Gasteiger partial charge is 0.506 e. The zero-order valence-electron chi connectivity index (χ0n) is 27.0. The lowest BCUT2D eigenvalue weighted by Crippen LogP contribution is -2.60. The van der Waals surface area contributed by atoms with Crippen LogP contribution in [0.3, 0.4) is 0 Å². The summed E-state index contributed by atoms with van der Waals surface area (Å²) >= 11 is 6.75. The fraction of sp³-hybridized carbons (Fsp3) is 0.515. The third-order valence-corrected chi connectivity index (χ3v) is 11.0. The summed E-state index contributed by atoms with van der Waals surface area (Å²) in [5.41, 5.74) is 2.65. The van der Waals surface area contributed by atoms with Crippen molar-refractivity contribution in [2.75, 3.05) is 77.8 Å². The van der Waals surface area contributed by atoms with Crippen LogP contribution in [0.15, 0.2) is 45.3 Å². The van der Waals surface area contributed by atoms with Crippen LogP contribution in [0.5, 0.6) is 5.75 Å². The quantitative estimate of drug-likeness (QED) is 0.425. The van der Waals surface area contributed by atoms with Crippen molar-refractivity contribution in [1.29, 1.82) is 0 Å². The van der Waals surface area contributed by atoms with Crippen LogP contribution in [0.1, 0.15) is 24.0 Å². The highest BCUT2D eigenvalue weighted by atomic mass is 79.9. The maximum atomic E-state index is 14.0. The van der Waals surface area contributed by atoms with E-state index in [1.807, 2.05) is 46.0 Å².